The molecular formula is C15H23ClN2O2S. The van der Waals surface area contributed by atoms with Gasteiger partial charge in [0.05, 0.1) is 16.5 Å². The Bertz CT molecular complexity index is 563. The van der Waals surface area contributed by atoms with Crippen molar-refractivity contribution in [3.63, 3.8) is 0 Å². The van der Waals surface area contributed by atoms with Gasteiger partial charge in [-0.05, 0) is 49.8 Å². The molecule has 1 aromatic rings. The molecule has 4 nitrogen and oxygen atoms in total. The zero-order valence-corrected chi connectivity index (χ0v) is 14.0. The highest BCUT2D eigenvalue weighted by atomic mass is 35.5. The van der Waals surface area contributed by atoms with Gasteiger partial charge in [0.25, 0.3) is 0 Å². The highest BCUT2D eigenvalue weighted by molar-refractivity contribution is 7.91. The molecule has 2 rings (SSSR count). The van der Waals surface area contributed by atoms with Gasteiger partial charge in [0, 0.05) is 18.4 Å². The van der Waals surface area contributed by atoms with E-state index >= 15 is 0 Å². The van der Waals surface area contributed by atoms with Gasteiger partial charge in [-0.25, -0.2) is 8.42 Å². The number of aromatic nitrogens is 1. The third-order valence-corrected chi connectivity index (χ3v) is 6.13. The van der Waals surface area contributed by atoms with Crippen molar-refractivity contribution >= 4 is 21.4 Å². The van der Waals surface area contributed by atoms with E-state index in [0.717, 1.165) is 37.8 Å². The van der Waals surface area contributed by atoms with Crippen molar-refractivity contribution in [2.24, 2.45) is 5.92 Å². The van der Waals surface area contributed by atoms with Crippen LogP contribution in [0.5, 0.6) is 0 Å². The normalized spacial score (nSPS) is 22.3. The van der Waals surface area contributed by atoms with E-state index in [1.807, 2.05) is 6.07 Å². The molecule has 1 aliphatic rings. The topological polar surface area (TPSA) is 59.1 Å². The number of rotatable bonds is 7. The molecule has 0 bridgehead atoms. The molecule has 2 atom stereocenters. The maximum absolute atomic E-state index is 11.6. The largest absolute Gasteiger partial charge is 0.314 e. The first kappa shape index (κ1) is 16.7. The molecule has 2 heterocycles. The highest BCUT2D eigenvalue weighted by Gasteiger charge is 2.29. The van der Waals surface area contributed by atoms with Gasteiger partial charge in [-0.1, -0.05) is 18.5 Å². The summed E-state index contributed by atoms with van der Waals surface area (Å²) in [5.41, 5.74) is 1.07. The van der Waals surface area contributed by atoms with E-state index in [9.17, 15) is 8.42 Å². The van der Waals surface area contributed by atoms with Crippen LogP contribution in [0.2, 0.25) is 5.02 Å². The molecule has 0 saturated carbocycles. The number of nitrogens with zero attached hydrogens (tertiary/aromatic N) is 1. The summed E-state index contributed by atoms with van der Waals surface area (Å²) < 4.78 is 23.2. The number of nitrogens with one attached hydrogen (secondary N) is 1. The summed E-state index contributed by atoms with van der Waals surface area (Å²) >= 11 is 6.18. The van der Waals surface area contributed by atoms with Crippen molar-refractivity contribution in [1.82, 2.24) is 10.3 Å². The Labute approximate surface area is 132 Å². The minimum Gasteiger partial charge on any atom is -0.314 e. The van der Waals surface area contributed by atoms with Gasteiger partial charge in [0.2, 0.25) is 0 Å². The van der Waals surface area contributed by atoms with Crippen LogP contribution in [0.15, 0.2) is 18.5 Å². The molecule has 0 aromatic carbocycles. The van der Waals surface area contributed by atoms with E-state index in [2.05, 4.69) is 17.2 Å². The fourth-order valence-electron chi connectivity index (χ4n) is 2.88. The lowest BCUT2D eigenvalue weighted by Crippen LogP contribution is -2.34. The maximum Gasteiger partial charge on any atom is 0.150 e. The van der Waals surface area contributed by atoms with Crippen LogP contribution in [0.3, 0.4) is 0 Å². The van der Waals surface area contributed by atoms with Gasteiger partial charge in [0.1, 0.15) is 0 Å². The molecule has 0 radical (unpaired) electrons. The summed E-state index contributed by atoms with van der Waals surface area (Å²) in [5, 5.41) is 4.21. The smallest absolute Gasteiger partial charge is 0.150 e. The third kappa shape index (κ3) is 5.24. The Morgan fingerprint density at radius 1 is 1.52 bits per heavy atom. The quantitative estimate of drug-likeness (QED) is 0.834. The van der Waals surface area contributed by atoms with Gasteiger partial charge in [0.15, 0.2) is 9.84 Å². The second-order valence-electron chi connectivity index (χ2n) is 5.83. The van der Waals surface area contributed by atoms with Gasteiger partial charge in [-0.2, -0.15) is 0 Å². The van der Waals surface area contributed by atoms with E-state index < -0.39 is 9.84 Å². The van der Waals surface area contributed by atoms with Crippen LogP contribution in [-0.4, -0.2) is 37.5 Å². The van der Waals surface area contributed by atoms with Crippen molar-refractivity contribution in [1.29, 1.82) is 0 Å². The molecule has 2 unspecified atom stereocenters. The van der Waals surface area contributed by atoms with Crippen molar-refractivity contribution in [3.8, 4) is 0 Å². The van der Waals surface area contributed by atoms with E-state index in [0.29, 0.717) is 16.5 Å². The fraction of sp³-hybridized carbons (Fsp3) is 0.667. The number of hydrogen-bond donors (Lipinski definition) is 1. The molecule has 21 heavy (non-hydrogen) atoms. The monoisotopic (exact) mass is 330 g/mol. The molecule has 1 N–H and O–H groups in total. The third-order valence-electron chi connectivity index (χ3n) is 3.95. The van der Waals surface area contributed by atoms with E-state index in [-0.39, 0.29) is 12.0 Å². The fourth-order valence-corrected chi connectivity index (χ4v) is 4.96. The molecule has 0 aliphatic carbocycles. The van der Waals surface area contributed by atoms with Gasteiger partial charge in [-0.15, -0.1) is 0 Å². The molecule has 118 valence electrons. The van der Waals surface area contributed by atoms with Crippen LogP contribution >= 0.6 is 11.6 Å². The summed E-state index contributed by atoms with van der Waals surface area (Å²) in [6.45, 7) is 3.07. The summed E-state index contributed by atoms with van der Waals surface area (Å²) in [6.07, 6.45) is 6.96. The van der Waals surface area contributed by atoms with Crippen molar-refractivity contribution < 1.29 is 8.42 Å². The van der Waals surface area contributed by atoms with Crippen molar-refractivity contribution in [2.45, 2.75) is 38.6 Å². The second kappa shape index (κ2) is 7.56. The first-order valence-corrected chi connectivity index (χ1v) is 9.72. The molecule has 1 fully saturated rings. The summed E-state index contributed by atoms with van der Waals surface area (Å²) in [5.74, 6) is 0.945. The first-order valence-electron chi connectivity index (χ1n) is 7.52. The molecule has 0 amide bonds. The first-order chi connectivity index (χ1) is 10.00. The standard InChI is InChI=1S/C15H23ClN2O2S/c1-2-5-18-14(8-12-4-7-21(19,20)11-12)9-13-3-6-17-10-15(13)16/h3,6,10,12,14,18H,2,4-5,7-9,11H2,1H3. The van der Waals surface area contributed by atoms with Crippen LogP contribution < -0.4 is 5.32 Å². The van der Waals surface area contributed by atoms with Crippen LogP contribution in [0.25, 0.3) is 0 Å². The molecular weight excluding hydrogens is 308 g/mol. The van der Waals surface area contributed by atoms with Gasteiger partial charge in [-0.3, -0.25) is 4.98 Å². The maximum atomic E-state index is 11.6. The Hall–Kier alpha value is -0.650. The summed E-state index contributed by atoms with van der Waals surface area (Å²) in [4.78, 5) is 4.01. The zero-order valence-electron chi connectivity index (χ0n) is 12.4. The molecule has 1 saturated heterocycles. The van der Waals surface area contributed by atoms with Crippen LogP contribution in [-0.2, 0) is 16.3 Å². The van der Waals surface area contributed by atoms with Gasteiger partial charge >= 0.3 is 0 Å². The highest BCUT2D eigenvalue weighted by Crippen LogP contribution is 2.25. The summed E-state index contributed by atoms with van der Waals surface area (Å²) in [6, 6.07) is 2.21. The molecule has 6 heteroatoms. The molecule has 1 aliphatic heterocycles. The lowest BCUT2D eigenvalue weighted by atomic mass is 9.95. The SMILES string of the molecule is CCCNC(Cc1ccncc1Cl)CC1CCS(=O)(=O)C1. The Morgan fingerprint density at radius 3 is 2.95 bits per heavy atom. The average molecular weight is 331 g/mol. The number of hydrogen-bond acceptors (Lipinski definition) is 4. The Morgan fingerprint density at radius 2 is 2.33 bits per heavy atom. The van der Waals surface area contributed by atoms with E-state index in [1.54, 1.807) is 12.4 Å². The Kier molecular flexibility index (Phi) is 6.02. The minimum atomic E-state index is -2.81. The summed E-state index contributed by atoms with van der Waals surface area (Å²) in [7, 11) is -2.81. The van der Waals surface area contributed by atoms with E-state index in [1.165, 1.54) is 0 Å². The zero-order chi connectivity index (χ0) is 15.3. The number of sulfone groups is 1. The lowest BCUT2D eigenvalue weighted by Gasteiger charge is -2.22. The van der Waals surface area contributed by atoms with Crippen molar-refractivity contribution in [2.75, 3.05) is 18.1 Å². The predicted octanol–water partition coefficient (Wildman–Crippen LogP) is 2.47. The van der Waals surface area contributed by atoms with Crippen molar-refractivity contribution in [3.05, 3.63) is 29.0 Å². The van der Waals surface area contributed by atoms with Crippen LogP contribution in [0, 0.1) is 5.92 Å². The lowest BCUT2D eigenvalue weighted by molar-refractivity contribution is 0.402. The minimum absolute atomic E-state index is 0.267. The number of pyridine rings is 1. The Balaban J connectivity index is 1.99. The van der Waals surface area contributed by atoms with Gasteiger partial charge < -0.3 is 5.32 Å². The van der Waals surface area contributed by atoms with Crippen LogP contribution in [0.4, 0.5) is 0 Å². The van der Waals surface area contributed by atoms with E-state index in [4.69, 9.17) is 11.6 Å². The average Bonchev–Trinajstić information content (AvgIpc) is 2.77. The second-order valence-corrected chi connectivity index (χ2v) is 8.46. The molecule has 1 aromatic heterocycles. The predicted molar refractivity (Wildman–Crippen MR) is 86.4 cm³/mol. The van der Waals surface area contributed by atoms with Crippen LogP contribution in [0.1, 0.15) is 31.7 Å². The number of halogens is 1. The molecule has 0 spiro atoms.